The second kappa shape index (κ2) is 5.54. The summed E-state index contributed by atoms with van der Waals surface area (Å²) >= 11 is 0. The summed E-state index contributed by atoms with van der Waals surface area (Å²) in [6.07, 6.45) is 4.19. The first-order valence-electron chi connectivity index (χ1n) is 7.81. The normalized spacial score (nSPS) is 28.5. The van der Waals surface area contributed by atoms with Crippen LogP contribution in [-0.4, -0.2) is 36.6 Å². The molecule has 2 aliphatic heterocycles. The van der Waals surface area contributed by atoms with Crippen LogP contribution in [0.5, 0.6) is 0 Å². The van der Waals surface area contributed by atoms with Crippen molar-refractivity contribution in [2.75, 3.05) is 24.5 Å². The molecule has 0 aromatic heterocycles. The van der Waals surface area contributed by atoms with Gasteiger partial charge in [0.25, 0.3) is 0 Å². The smallest absolute Gasteiger partial charge is 0.0440 e. The maximum Gasteiger partial charge on any atom is 0.0440 e. The van der Waals surface area contributed by atoms with E-state index < -0.39 is 0 Å². The van der Waals surface area contributed by atoms with Crippen molar-refractivity contribution in [3.05, 3.63) is 30.3 Å². The highest BCUT2D eigenvalue weighted by Gasteiger charge is 2.36. The van der Waals surface area contributed by atoms with E-state index in [2.05, 4.69) is 54.0 Å². The first-order valence-corrected chi connectivity index (χ1v) is 7.81. The Morgan fingerprint density at radius 2 is 1.84 bits per heavy atom. The number of fused-ring (bicyclic) bond motifs is 1. The number of piperazine rings is 1. The van der Waals surface area contributed by atoms with E-state index in [0.29, 0.717) is 12.0 Å². The SMILES string of the molecule is CC(C)C1CN2CCCCC2CN1c1ccccc1. The summed E-state index contributed by atoms with van der Waals surface area (Å²) in [4.78, 5) is 5.41. The van der Waals surface area contributed by atoms with Crippen LogP contribution in [-0.2, 0) is 0 Å². The van der Waals surface area contributed by atoms with Crippen LogP contribution < -0.4 is 4.90 Å². The third-order valence-corrected chi connectivity index (χ3v) is 4.84. The number of hydrogen-bond acceptors (Lipinski definition) is 2. The molecule has 0 bridgehead atoms. The highest BCUT2D eigenvalue weighted by molar-refractivity contribution is 5.48. The van der Waals surface area contributed by atoms with Crippen LogP contribution in [0.25, 0.3) is 0 Å². The Hall–Kier alpha value is -1.02. The van der Waals surface area contributed by atoms with Gasteiger partial charge in [-0.25, -0.2) is 0 Å². The first-order chi connectivity index (χ1) is 9.25. The fraction of sp³-hybridized carbons (Fsp3) is 0.647. The van der Waals surface area contributed by atoms with E-state index in [4.69, 9.17) is 0 Å². The van der Waals surface area contributed by atoms with E-state index in [1.54, 1.807) is 0 Å². The van der Waals surface area contributed by atoms with Gasteiger partial charge in [-0.1, -0.05) is 38.5 Å². The number of piperidine rings is 1. The predicted octanol–water partition coefficient (Wildman–Crippen LogP) is 3.39. The zero-order chi connectivity index (χ0) is 13.2. The quantitative estimate of drug-likeness (QED) is 0.802. The summed E-state index contributed by atoms with van der Waals surface area (Å²) in [5.41, 5.74) is 1.41. The molecule has 2 heterocycles. The summed E-state index contributed by atoms with van der Waals surface area (Å²) in [7, 11) is 0. The van der Waals surface area contributed by atoms with Crippen molar-refractivity contribution in [1.29, 1.82) is 0 Å². The van der Waals surface area contributed by atoms with Gasteiger partial charge in [0.15, 0.2) is 0 Å². The lowest BCUT2D eigenvalue weighted by Gasteiger charge is -2.50. The van der Waals surface area contributed by atoms with Crippen molar-refractivity contribution in [1.82, 2.24) is 4.90 Å². The Balaban J connectivity index is 1.83. The number of nitrogens with zero attached hydrogens (tertiary/aromatic N) is 2. The summed E-state index contributed by atoms with van der Waals surface area (Å²) in [6.45, 7) is 8.51. The Kier molecular flexibility index (Phi) is 3.79. The fourth-order valence-electron chi connectivity index (χ4n) is 3.70. The molecule has 0 N–H and O–H groups in total. The predicted molar refractivity (Wildman–Crippen MR) is 81.6 cm³/mol. The summed E-state index contributed by atoms with van der Waals surface area (Å²) in [5, 5.41) is 0. The topological polar surface area (TPSA) is 6.48 Å². The highest BCUT2D eigenvalue weighted by Crippen LogP contribution is 2.30. The van der Waals surface area contributed by atoms with Crippen LogP contribution in [0.2, 0.25) is 0 Å². The lowest BCUT2D eigenvalue weighted by molar-refractivity contribution is 0.100. The molecule has 19 heavy (non-hydrogen) atoms. The largest absolute Gasteiger partial charge is 0.365 e. The standard InChI is InChI=1S/C17H26N2/c1-14(2)17-13-18-11-7-6-10-16(18)12-19(17)15-8-4-3-5-9-15/h3-5,8-9,14,16-17H,6-7,10-13H2,1-2H3. The zero-order valence-corrected chi connectivity index (χ0v) is 12.3. The molecular formula is C17H26N2. The van der Waals surface area contributed by atoms with Gasteiger partial charge in [0.1, 0.15) is 0 Å². The van der Waals surface area contributed by atoms with Crippen LogP contribution in [0.1, 0.15) is 33.1 Å². The molecule has 2 heteroatoms. The van der Waals surface area contributed by atoms with E-state index in [1.165, 1.54) is 44.6 Å². The number of benzene rings is 1. The van der Waals surface area contributed by atoms with Gasteiger partial charge in [0.2, 0.25) is 0 Å². The maximum atomic E-state index is 2.74. The van der Waals surface area contributed by atoms with Gasteiger partial charge in [0.05, 0.1) is 0 Å². The molecule has 0 radical (unpaired) electrons. The van der Waals surface area contributed by atoms with Crippen LogP contribution >= 0.6 is 0 Å². The van der Waals surface area contributed by atoms with Crippen molar-refractivity contribution >= 4 is 5.69 Å². The van der Waals surface area contributed by atoms with Gasteiger partial charge >= 0.3 is 0 Å². The molecule has 2 atom stereocenters. The van der Waals surface area contributed by atoms with Crippen molar-refractivity contribution in [3.63, 3.8) is 0 Å². The molecule has 104 valence electrons. The van der Waals surface area contributed by atoms with Crippen LogP contribution in [0.15, 0.2) is 30.3 Å². The lowest BCUT2D eigenvalue weighted by atomic mass is 9.91. The molecule has 2 nitrogen and oxygen atoms in total. The number of rotatable bonds is 2. The fourth-order valence-corrected chi connectivity index (χ4v) is 3.70. The third-order valence-electron chi connectivity index (χ3n) is 4.84. The number of para-hydroxylation sites is 1. The molecule has 3 rings (SSSR count). The average molecular weight is 258 g/mol. The molecule has 1 aromatic carbocycles. The van der Waals surface area contributed by atoms with Gasteiger partial charge < -0.3 is 4.90 Å². The number of anilines is 1. The van der Waals surface area contributed by atoms with Gasteiger partial charge in [-0.15, -0.1) is 0 Å². The summed E-state index contributed by atoms with van der Waals surface area (Å²) < 4.78 is 0. The molecule has 0 amide bonds. The second-order valence-electron chi connectivity index (χ2n) is 6.44. The lowest BCUT2D eigenvalue weighted by Crippen LogP contribution is -2.61. The maximum absolute atomic E-state index is 2.74. The van der Waals surface area contributed by atoms with Gasteiger partial charge in [-0.2, -0.15) is 0 Å². The molecule has 2 fully saturated rings. The molecule has 0 aliphatic carbocycles. The van der Waals surface area contributed by atoms with E-state index in [1.807, 2.05) is 0 Å². The molecule has 2 unspecified atom stereocenters. The minimum absolute atomic E-state index is 0.664. The van der Waals surface area contributed by atoms with Crippen LogP contribution in [0, 0.1) is 5.92 Å². The van der Waals surface area contributed by atoms with E-state index in [0.717, 1.165) is 6.04 Å². The summed E-state index contributed by atoms with van der Waals surface area (Å²) in [5.74, 6) is 0.711. The first kappa shape index (κ1) is 13.0. The van der Waals surface area contributed by atoms with E-state index in [-0.39, 0.29) is 0 Å². The highest BCUT2D eigenvalue weighted by atomic mass is 15.3. The second-order valence-corrected chi connectivity index (χ2v) is 6.44. The van der Waals surface area contributed by atoms with Crippen LogP contribution in [0.4, 0.5) is 5.69 Å². The molecule has 0 saturated carbocycles. The molecule has 1 aromatic rings. The summed E-state index contributed by atoms with van der Waals surface area (Å²) in [6, 6.07) is 12.4. The average Bonchev–Trinajstić information content (AvgIpc) is 2.46. The van der Waals surface area contributed by atoms with E-state index in [9.17, 15) is 0 Å². The Morgan fingerprint density at radius 3 is 2.58 bits per heavy atom. The van der Waals surface area contributed by atoms with Gasteiger partial charge in [-0.05, 0) is 37.4 Å². The molecule has 2 aliphatic rings. The monoisotopic (exact) mass is 258 g/mol. The van der Waals surface area contributed by atoms with Crippen molar-refractivity contribution in [3.8, 4) is 0 Å². The van der Waals surface area contributed by atoms with Crippen molar-refractivity contribution in [2.45, 2.75) is 45.2 Å². The van der Waals surface area contributed by atoms with Gasteiger partial charge in [0, 0.05) is 30.9 Å². The van der Waals surface area contributed by atoms with E-state index >= 15 is 0 Å². The minimum atomic E-state index is 0.664. The molecule has 2 saturated heterocycles. The van der Waals surface area contributed by atoms with Crippen molar-refractivity contribution in [2.24, 2.45) is 5.92 Å². The molecular weight excluding hydrogens is 232 g/mol. The third kappa shape index (κ3) is 2.64. The molecule has 0 spiro atoms. The van der Waals surface area contributed by atoms with Gasteiger partial charge in [-0.3, -0.25) is 4.90 Å². The number of hydrogen-bond donors (Lipinski definition) is 0. The van der Waals surface area contributed by atoms with Crippen LogP contribution in [0.3, 0.4) is 0 Å². The van der Waals surface area contributed by atoms with Crippen molar-refractivity contribution < 1.29 is 0 Å². The Bertz CT molecular complexity index is 401. The Labute approximate surface area is 117 Å². The zero-order valence-electron chi connectivity index (χ0n) is 12.3. The Morgan fingerprint density at radius 1 is 1.05 bits per heavy atom. The minimum Gasteiger partial charge on any atom is -0.365 e.